The molecule has 0 aromatic heterocycles. The molecule has 5 N–H and O–H groups in total. The summed E-state index contributed by atoms with van der Waals surface area (Å²) in [5.41, 5.74) is 10.9. The Labute approximate surface area is 110 Å². The van der Waals surface area contributed by atoms with Gasteiger partial charge in [-0.3, -0.25) is 4.79 Å². The topological polar surface area (TPSA) is 127 Å². The lowest BCUT2D eigenvalue weighted by Gasteiger charge is -2.22. The van der Waals surface area contributed by atoms with Crippen molar-refractivity contribution in [2.75, 3.05) is 12.3 Å². The Morgan fingerprint density at radius 3 is 2.58 bits per heavy atom. The largest absolute Gasteiger partial charge is 0.398 e. The zero-order chi connectivity index (χ0) is 14.2. The molecule has 2 unspecified atom stereocenters. The second-order valence-electron chi connectivity index (χ2n) is 4.42. The lowest BCUT2D eigenvalue weighted by Crippen LogP contribution is -2.43. The summed E-state index contributed by atoms with van der Waals surface area (Å²) in [7, 11) is -3.95. The van der Waals surface area contributed by atoms with Gasteiger partial charge in [0, 0.05) is 13.0 Å². The fourth-order valence-corrected chi connectivity index (χ4v) is 3.91. The number of carbonyl (C=O) groups excluding carboxylic acids is 1. The van der Waals surface area contributed by atoms with E-state index in [1.807, 2.05) is 0 Å². The Kier molecular flexibility index (Phi) is 3.48. The van der Waals surface area contributed by atoms with E-state index in [1.54, 1.807) is 6.07 Å². The molecule has 1 heterocycles. The molecule has 1 aromatic rings. The van der Waals surface area contributed by atoms with Crippen LogP contribution in [0.3, 0.4) is 0 Å². The number of rotatable bonds is 3. The predicted octanol–water partition coefficient (Wildman–Crippen LogP) is -1.12. The van der Waals surface area contributed by atoms with Gasteiger partial charge in [0.05, 0.1) is 11.8 Å². The number of aliphatic hydroxyl groups is 1. The summed E-state index contributed by atoms with van der Waals surface area (Å²) < 4.78 is 25.8. The van der Waals surface area contributed by atoms with Gasteiger partial charge in [0.15, 0.2) is 0 Å². The molecule has 0 spiro atoms. The molecular weight excluding hydrogens is 270 g/mol. The van der Waals surface area contributed by atoms with Gasteiger partial charge in [-0.1, -0.05) is 12.1 Å². The number of aliphatic hydroxyl groups excluding tert-OH is 1. The molecule has 0 saturated carbocycles. The van der Waals surface area contributed by atoms with Crippen LogP contribution in [-0.4, -0.2) is 42.4 Å². The van der Waals surface area contributed by atoms with E-state index in [1.165, 1.54) is 18.2 Å². The van der Waals surface area contributed by atoms with E-state index in [9.17, 15) is 18.3 Å². The van der Waals surface area contributed by atoms with Crippen LogP contribution in [0.5, 0.6) is 0 Å². The number of amides is 1. The number of primary amides is 1. The third-order valence-electron chi connectivity index (χ3n) is 3.07. The minimum Gasteiger partial charge on any atom is -0.398 e. The number of para-hydroxylation sites is 1. The normalized spacial score (nSPS) is 24.5. The Bertz CT molecular complexity index is 602. The van der Waals surface area contributed by atoms with Crippen LogP contribution in [0.25, 0.3) is 0 Å². The van der Waals surface area contributed by atoms with Crippen molar-refractivity contribution in [3.63, 3.8) is 0 Å². The second kappa shape index (κ2) is 4.80. The summed E-state index contributed by atoms with van der Waals surface area (Å²) >= 11 is 0. The monoisotopic (exact) mass is 285 g/mol. The maximum atomic E-state index is 12.4. The van der Waals surface area contributed by atoms with Crippen molar-refractivity contribution < 1.29 is 18.3 Å². The number of nitrogens with two attached hydrogens (primary N) is 2. The van der Waals surface area contributed by atoms with Crippen LogP contribution in [-0.2, 0) is 14.8 Å². The van der Waals surface area contributed by atoms with Gasteiger partial charge in [-0.2, -0.15) is 4.31 Å². The van der Waals surface area contributed by atoms with Gasteiger partial charge >= 0.3 is 0 Å². The maximum absolute atomic E-state index is 12.4. The number of hydrogen-bond acceptors (Lipinski definition) is 5. The van der Waals surface area contributed by atoms with Crippen molar-refractivity contribution in [1.82, 2.24) is 4.31 Å². The second-order valence-corrected chi connectivity index (χ2v) is 6.28. The van der Waals surface area contributed by atoms with Crippen molar-refractivity contribution in [2.45, 2.75) is 23.5 Å². The van der Waals surface area contributed by atoms with Crippen molar-refractivity contribution in [3.05, 3.63) is 24.3 Å². The molecule has 1 aromatic carbocycles. The zero-order valence-electron chi connectivity index (χ0n) is 10.1. The fraction of sp³-hybridized carbons (Fsp3) is 0.364. The summed E-state index contributed by atoms with van der Waals surface area (Å²) in [6.45, 7) is -0.162. The highest BCUT2D eigenvalue weighted by Gasteiger charge is 2.43. The van der Waals surface area contributed by atoms with Gasteiger partial charge < -0.3 is 16.6 Å². The van der Waals surface area contributed by atoms with E-state index in [-0.39, 0.29) is 23.5 Å². The minimum absolute atomic E-state index is 0.00129. The van der Waals surface area contributed by atoms with Crippen molar-refractivity contribution in [2.24, 2.45) is 5.73 Å². The molecule has 1 saturated heterocycles. The molecule has 0 aliphatic carbocycles. The molecule has 2 rings (SSSR count). The quantitative estimate of drug-likeness (QED) is 0.606. The first-order valence-corrected chi connectivity index (χ1v) is 7.11. The van der Waals surface area contributed by atoms with Crippen LogP contribution in [0.4, 0.5) is 5.69 Å². The highest BCUT2D eigenvalue weighted by molar-refractivity contribution is 7.89. The number of hydrogen-bond donors (Lipinski definition) is 3. The van der Waals surface area contributed by atoms with E-state index in [0.29, 0.717) is 0 Å². The molecule has 8 heteroatoms. The van der Waals surface area contributed by atoms with Gasteiger partial charge in [-0.15, -0.1) is 0 Å². The Morgan fingerprint density at radius 2 is 2.00 bits per heavy atom. The maximum Gasteiger partial charge on any atom is 0.245 e. The van der Waals surface area contributed by atoms with E-state index in [4.69, 9.17) is 11.5 Å². The average molecular weight is 285 g/mol. The summed E-state index contributed by atoms with van der Waals surface area (Å²) in [6, 6.07) is 4.92. The molecule has 104 valence electrons. The van der Waals surface area contributed by atoms with E-state index < -0.39 is 28.1 Å². The van der Waals surface area contributed by atoms with E-state index >= 15 is 0 Å². The summed E-state index contributed by atoms with van der Waals surface area (Å²) in [6.07, 6.45) is -0.904. The highest BCUT2D eigenvalue weighted by Crippen LogP contribution is 2.28. The first-order valence-electron chi connectivity index (χ1n) is 5.67. The number of benzene rings is 1. The smallest absolute Gasteiger partial charge is 0.245 e. The number of β-amino-alcohol motifs (C(OH)–C–C–N with tert-alkyl or cyclic N) is 1. The average Bonchev–Trinajstić information content (AvgIpc) is 2.72. The van der Waals surface area contributed by atoms with Crippen LogP contribution in [0.15, 0.2) is 29.2 Å². The number of nitrogens with zero attached hydrogens (tertiary/aromatic N) is 1. The molecule has 1 fully saturated rings. The van der Waals surface area contributed by atoms with Crippen molar-refractivity contribution in [1.29, 1.82) is 0 Å². The van der Waals surface area contributed by atoms with Crippen LogP contribution < -0.4 is 11.5 Å². The fourth-order valence-electron chi connectivity index (χ4n) is 2.15. The van der Waals surface area contributed by atoms with Crippen LogP contribution in [0.1, 0.15) is 6.42 Å². The molecule has 0 bridgehead atoms. The standard InChI is InChI=1S/C11H15N3O4S/c12-8-3-1-2-4-10(8)19(17,18)14-6-7(15)5-9(14)11(13)16/h1-4,7,9,15H,5-6,12H2,(H2,13,16). The van der Waals surface area contributed by atoms with Crippen molar-refractivity contribution >= 4 is 21.6 Å². The van der Waals surface area contributed by atoms with E-state index in [2.05, 4.69) is 0 Å². The third kappa shape index (κ3) is 2.42. The molecular formula is C11H15N3O4S. The lowest BCUT2D eigenvalue weighted by molar-refractivity contribution is -0.121. The SMILES string of the molecule is NC(=O)C1CC(O)CN1S(=O)(=O)c1ccccc1N. The molecule has 0 radical (unpaired) electrons. The van der Waals surface area contributed by atoms with Crippen LogP contribution in [0, 0.1) is 0 Å². The molecule has 1 aliphatic heterocycles. The summed E-state index contributed by atoms with van der Waals surface area (Å²) in [5.74, 6) is -0.783. The van der Waals surface area contributed by atoms with Crippen molar-refractivity contribution in [3.8, 4) is 0 Å². The zero-order valence-corrected chi connectivity index (χ0v) is 10.9. The molecule has 1 amide bonds. The number of carbonyl (C=O) groups is 1. The molecule has 1 aliphatic rings. The lowest BCUT2D eigenvalue weighted by atomic mass is 10.2. The van der Waals surface area contributed by atoms with Crippen LogP contribution in [0.2, 0.25) is 0 Å². The Morgan fingerprint density at radius 1 is 1.37 bits per heavy atom. The number of anilines is 1. The highest BCUT2D eigenvalue weighted by atomic mass is 32.2. The van der Waals surface area contributed by atoms with Gasteiger partial charge in [-0.25, -0.2) is 8.42 Å². The number of sulfonamides is 1. The minimum atomic E-state index is -3.95. The van der Waals surface area contributed by atoms with Gasteiger partial charge in [0.1, 0.15) is 10.9 Å². The van der Waals surface area contributed by atoms with Gasteiger partial charge in [-0.05, 0) is 12.1 Å². The Balaban J connectivity index is 2.45. The molecule has 19 heavy (non-hydrogen) atoms. The summed E-state index contributed by atoms with van der Waals surface area (Å²) in [4.78, 5) is 11.2. The first-order chi connectivity index (χ1) is 8.84. The summed E-state index contributed by atoms with van der Waals surface area (Å²) in [5, 5.41) is 9.55. The first kappa shape index (κ1) is 13.8. The van der Waals surface area contributed by atoms with Gasteiger partial charge in [0.25, 0.3) is 0 Å². The molecule has 7 nitrogen and oxygen atoms in total. The van der Waals surface area contributed by atoms with E-state index in [0.717, 1.165) is 4.31 Å². The third-order valence-corrected chi connectivity index (χ3v) is 5.02. The molecule has 2 atom stereocenters. The van der Waals surface area contributed by atoms with Gasteiger partial charge in [0.2, 0.25) is 15.9 Å². The Hall–Kier alpha value is -1.64. The van der Waals surface area contributed by atoms with Crippen LogP contribution >= 0.6 is 0 Å². The number of nitrogen functional groups attached to an aromatic ring is 1. The predicted molar refractivity (Wildman–Crippen MR) is 68.4 cm³/mol.